The summed E-state index contributed by atoms with van der Waals surface area (Å²) in [6, 6.07) is 26.4. The van der Waals surface area contributed by atoms with E-state index in [1.54, 1.807) is 19.4 Å². The van der Waals surface area contributed by atoms with Crippen molar-refractivity contribution in [2.24, 2.45) is 0 Å². The zero-order valence-corrected chi connectivity index (χ0v) is 20.1. The third-order valence-electron chi connectivity index (χ3n) is 6.40. The maximum Gasteiger partial charge on any atom is 0.248 e. The molecule has 174 valence electrons. The van der Waals surface area contributed by atoms with Crippen molar-refractivity contribution in [1.29, 1.82) is 0 Å². The Morgan fingerprint density at radius 2 is 1.71 bits per heavy atom. The molecule has 5 aromatic rings. The van der Waals surface area contributed by atoms with Crippen LogP contribution in [0.1, 0.15) is 25.0 Å². The highest BCUT2D eigenvalue weighted by Gasteiger charge is 2.16. The van der Waals surface area contributed by atoms with Crippen molar-refractivity contribution in [1.82, 2.24) is 0 Å². The summed E-state index contributed by atoms with van der Waals surface area (Å²) in [5.41, 5.74) is 6.44. The van der Waals surface area contributed by atoms with E-state index in [0.717, 1.165) is 56.3 Å². The molecule has 0 bridgehead atoms. The van der Waals surface area contributed by atoms with E-state index in [9.17, 15) is 4.79 Å². The van der Waals surface area contributed by atoms with E-state index in [1.165, 1.54) is 5.39 Å². The number of carbonyl (C=O) groups excluding carboxylic acids is 1. The van der Waals surface area contributed by atoms with E-state index in [2.05, 4.69) is 42.6 Å². The molecule has 1 aromatic heterocycles. The summed E-state index contributed by atoms with van der Waals surface area (Å²) in [6.07, 6.45) is 4.26. The van der Waals surface area contributed by atoms with Crippen LogP contribution < -0.4 is 10.1 Å². The van der Waals surface area contributed by atoms with Crippen LogP contribution in [0.2, 0.25) is 0 Å². The molecule has 4 nitrogen and oxygen atoms in total. The van der Waals surface area contributed by atoms with Crippen LogP contribution in [0.15, 0.2) is 95.6 Å². The number of amides is 1. The molecule has 1 amide bonds. The van der Waals surface area contributed by atoms with Gasteiger partial charge in [0.15, 0.2) is 0 Å². The van der Waals surface area contributed by atoms with Crippen LogP contribution in [0.5, 0.6) is 5.75 Å². The lowest BCUT2D eigenvalue weighted by Gasteiger charge is -2.11. The lowest BCUT2D eigenvalue weighted by molar-refractivity contribution is -0.111. The molecule has 0 aliphatic rings. The Morgan fingerprint density at radius 1 is 0.943 bits per heavy atom. The fraction of sp³-hybridized carbons (Fsp3) is 0.129. The van der Waals surface area contributed by atoms with Gasteiger partial charge in [-0.05, 0) is 52.9 Å². The van der Waals surface area contributed by atoms with E-state index in [1.807, 2.05) is 55.5 Å². The number of hydrogen-bond donors (Lipinski definition) is 1. The van der Waals surface area contributed by atoms with E-state index >= 15 is 0 Å². The molecule has 1 N–H and O–H groups in total. The highest BCUT2D eigenvalue weighted by Crippen LogP contribution is 2.39. The largest absolute Gasteiger partial charge is 0.496 e. The molecule has 0 aliphatic heterocycles. The first kappa shape index (κ1) is 22.5. The van der Waals surface area contributed by atoms with Crippen molar-refractivity contribution < 1.29 is 13.9 Å². The Kier molecular flexibility index (Phi) is 6.11. The number of rotatable bonds is 6. The van der Waals surface area contributed by atoms with Crippen LogP contribution in [-0.2, 0) is 11.2 Å². The number of hydrogen-bond acceptors (Lipinski definition) is 3. The molecule has 0 atom stereocenters. The van der Waals surface area contributed by atoms with Crippen LogP contribution in [0.4, 0.5) is 5.69 Å². The molecule has 4 heteroatoms. The maximum absolute atomic E-state index is 12.9. The Balaban J connectivity index is 1.56. The Morgan fingerprint density at radius 3 is 2.54 bits per heavy atom. The molecule has 0 aliphatic carbocycles. The highest BCUT2D eigenvalue weighted by atomic mass is 16.5. The molecule has 0 spiro atoms. The molecule has 0 fully saturated rings. The number of allylic oxidation sites excluding steroid dienone is 1. The number of furan rings is 1. The van der Waals surface area contributed by atoms with Crippen molar-refractivity contribution in [3.8, 4) is 16.9 Å². The first-order valence-corrected chi connectivity index (χ1v) is 11.7. The van der Waals surface area contributed by atoms with Gasteiger partial charge in [-0.1, -0.05) is 67.6 Å². The third kappa shape index (κ3) is 4.31. The van der Waals surface area contributed by atoms with Crippen molar-refractivity contribution >= 4 is 38.9 Å². The van der Waals surface area contributed by atoms with Gasteiger partial charge in [0.05, 0.1) is 13.4 Å². The summed E-state index contributed by atoms with van der Waals surface area (Å²) in [6.45, 7) is 4.00. The zero-order valence-electron chi connectivity index (χ0n) is 20.1. The average Bonchev–Trinajstić information content (AvgIpc) is 3.30. The smallest absolute Gasteiger partial charge is 0.248 e. The van der Waals surface area contributed by atoms with Crippen molar-refractivity contribution in [2.45, 2.75) is 20.3 Å². The number of para-hydroxylation sites is 1. The van der Waals surface area contributed by atoms with Crippen LogP contribution >= 0.6 is 0 Å². The number of ether oxygens (including phenoxy) is 1. The van der Waals surface area contributed by atoms with Gasteiger partial charge in [0, 0.05) is 34.3 Å². The van der Waals surface area contributed by atoms with E-state index in [-0.39, 0.29) is 5.91 Å². The summed E-state index contributed by atoms with van der Waals surface area (Å²) in [7, 11) is 1.63. The molecule has 35 heavy (non-hydrogen) atoms. The summed E-state index contributed by atoms with van der Waals surface area (Å²) in [5.74, 6) is 0.485. The number of fused-ring (bicyclic) bond motifs is 2. The fourth-order valence-corrected chi connectivity index (χ4v) is 4.59. The van der Waals surface area contributed by atoms with Crippen LogP contribution in [0, 0.1) is 0 Å². The lowest BCUT2D eigenvalue weighted by Crippen LogP contribution is -2.10. The second-order valence-electron chi connectivity index (χ2n) is 8.55. The maximum atomic E-state index is 12.9. The first-order valence-electron chi connectivity index (χ1n) is 11.7. The summed E-state index contributed by atoms with van der Waals surface area (Å²) in [4.78, 5) is 12.9. The highest BCUT2D eigenvalue weighted by molar-refractivity contribution is 6.07. The van der Waals surface area contributed by atoms with Crippen LogP contribution in [0.25, 0.3) is 38.4 Å². The van der Waals surface area contributed by atoms with Gasteiger partial charge >= 0.3 is 0 Å². The minimum Gasteiger partial charge on any atom is -0.496 e. The molecular formula is C31H27NO3. The molecule has 0 radical (unpaired) electrons. The quantitative estimate of drug-likeness (QED) is 0.262. The second kappa shape index (κ2) is 9.51. The number of aryl methyl sites for hydroxylation is 1. The number of nitrogens with one attached hydrogen (secondary N) is 1. The van der Waals surface area contributed by atoms with Crippen molar-refractivity contribution in [3.05, 3.63) is 102 Å². The summed E-state index contributed by atoms with van der Waals surface area (Å²) < 4.78 is 11.6. The summed E-state index contributed by atoms with van der Waals surface area (Å²) >= 11 is 0. The zero-order chi connectivity index (χ0) is 24.4. The van der Waals surface area contributed by atoms with Gasteiger partial charge in [0.1, 0.15) is 11.3 Å². The second-order valence-corrected chi connectivity index (χ2v) is 8.55. The third-order valence-corrected chi connectivity index (χ3v) is 6.40. The minimum atomic E-state index is -0.174. The molecular weight excluding hydrogens is 434 g/mol. The molecule has 5 rings (SSSR count). The number of benzene rings is 4. The molecule has 0 saturated carbocycles. The Hall–Kier alpha value is -4.31. The van der Waals surface area contributed by atoms with Crippen molar-refractivity contribution in [3.63, 3.8) is 0 Å². The predicted octanol–water partition coefficient (Wildman–Crippen LogP) is 7.87. The Bertz CT molecular complexity index is 1570. The fourth-order valence-electron chi connectivity index (χ4n) is 4.59. The lowest BCUT2D eigenvalue weighted by atomic mass is 9.96. The van der Waals surface area contributed by atoms with Crippen LogP contribution in [0.3, 0.4) is 0 Å². The normalized spacial score (nSPS) is 11.7. The standard InChI is InChI=1S/C31H27NO3/c1-4-21-10-6-8-15-28(21)32-31(33)16-20(2)25-17-26-27(19-35-30(26)18-29(25)34-3)24-14-9-12-22-11-5-7-13-23(22)24/h5-19H,4H2,1-3H3,(H,32,33)/b20-16+. The van der Waals surface area contributed by atoms with Crippen molar-refractivity contribution in [2.75, 3.05) is 12.4 Å². The van der Waals surface area contributed by atoms with Crippen LogP contribution in [-0.4, -0.2) is 13.0 Å². The van der Waals surface area contributed by atoms with Gasteiger partial charge in [-0.2, -0.15) is 0 Å². The van der Waals surface area contributed by atoms with Gasteiger partial charge in [-0.3, -0.25) is 4.79 Å². The van der Waals surface area contributed by atoms with Gasteiger partial charge in [-0.25, -0.2) is 0 Å². The minimum absolute atomic E-state index is 0.174. The predicted molar refractivity (Wildman–Crippen MR) is 144 cm³/mol. The number of anilines is 1. The molecule has 0 saturated heterocycles. The van der Waals surface area contributed by atoms with Gasteiger partial charge in [0.2, 0.25) is 5.91 Å². The topological polar surface area (TPSA) is 51.5 Å². The molecule has 1 heterocycles. The SMILES string of the molecule is CCc1ccccc1NC(=O)/C=C(\C)c1cc2c(-c3cccc4ccccc34)coc2cc1OC. The van der Waals surface area contributed by atoms with E-state index in [4.69, 9.17) is 9.15 Å². The monoisotopic (exact) mass is 461 g/mol. The molecule has 4 aromatic carbocycles. The Labute approximate surface area is 204 Å². The average molecular weight is 462 g/mol. The number of carbonyl (C=O) groups is 1. The van der Waals surface area contributed by atoms with Gasteiger partial charge in [0.25, 0.3) is 0 Å². The van der Waals surface area contributed by atoms with E-state index in [0.29, 0.717) is 5.75 Å². The molecule has 0 unspecified atom stereocenters. The van der Waals surface area contributed by atoms with Gasteiger partial charge < -0.3 is 14.5 Å². The summed E-state index contributed by atoms with van der Waals surface area (Å²) in [5, 5.41) is 6.33. The first-order chi connectivity index (χ1) is 17.1. The van der Waals surface area contributed by atoms with E-state index < -0.39 is 0 Å². The number of methoxy groups -OCH3 is 1. The van der Waals surface area contributed by atoms with Gasteiger partial charge in [-0.15, -0.1) is 0 Å².